The first kappa shape index (κ1) is 18.1. The second-order valence-corrected chi connectivity index (χ2v) is 7.14. The van der Waals surface area contributed by atoms with E-state index in [0.717, 1.165) is 15.8 Å². The van der Waals surface area contributed by atoms with Crippen molar-refractivity contribution < 1.29 is 13.9 Å². The van der Waals surface area contributed by atoms with Crippen LogP contribution in [0.2, 0.25) is 0 Å². The number of benzene rings is 2. The first-order valence-corrected chi connectivity index (χ1v) is 9.36. The highest BCUT2D eigenvalue weighted by Gasteiger charge is 2.25. The molecule has 0 bridgehead atoms. The number of hydrogen-bond donors (Lipinski definition) is 2. The number of aromatic nitrogens is 2. The maximum atomic E-state index is 13.1. The fourth-order valence-corrected chi connectivity index (χ4v) is 3.77. The van der Waals surface area contributed by atoms with E-state index in [1.165, 1.54) is 23.5 Å². The molecule has 0 spiro atoms. The molecule has 2 heterocycles. The van der Waals surface area contributed by atoms with Gasteiger partial charge in [-0.3, -0.25) is 0 Å². The summed E-state index contributed by atoms with van der Waals surface area (Å²) < 4.78 is 19.7. The van der Waals surface area contributed by atoms with Gasteiger partial charge in [-0.15, -0.1) is 10.2 Å². The molecule has 2 N–H and O–H groups in total. The van der Waals surface area contributed by atoms with Crippen LogP contribution in [0, 0.1) is 12.4 Å². The molecule has 0 amide bonds. The second kappa shape index (κ2) is 7.38. The number of thiophene rings is 1. The van der Waals surface area contributed by atoms with Crippen LogP contribution in [-0.4, -0.2) is 21.4 Å². The van der Waals surface area contributed by atoms with Gasteiger partial charge in [-0.2, -0.15) is 11.3 Å². The molecule has 0 radical (unpaired) electrons. The molecule has 2 aromatic heterocycles. The Hall–Kier alpha value is -3.28. The quantitative estimate of drug-likeness (QED) is 0.457. The summed E-state index contributed by atoms with van der Waals surface area (Å²) in [4.78, 5) is 3.54. The molecule has 4 aromatic rings. The summed E-state index contributed by atoms with van der Waals surface area (Å²) in [6.07, 6.45) is -0.823. The maximum Gasteiger partial charge on any atom is 0.247 e. The molecule has 0 saturated carbocycles. The summed E-state index contributed by atoms with van der Waals surface area (Å²) in [7, 11) is 0. The van der Waals surface area contributed by atoms with Gasteiger partial charge in [0.2, 0.25) is 17.5 Å². The molecule has 0 unspecified atom stereocenters. The van der Waals surface area contributed by atoms with E-state index in [0.29, 0.717) is 11.3 Å². The predicted molar refractivity (Wildman–Crippen MR) is 106 cm³/mol. The Labute approximate surface area is 164 Å². The van der Waals surface area contributed by atoms with Crippen molar-refractivity contribution in [3.8, 4) is 11.5 Å². The van der Waals surface area contributed by atoms with Crippen LogP contribution in [0.3, 0.4) is 0 Å². The number of hydrogen-bond acceptors (Lipinski definition) is 6. The molecule has 2 atom stereocenters. The van der Waals surface area contributed by atoms with Gasteiger partial charge in [0.1, 0.15) is 11.9 Å². The van der Waals surface area contributed by atoms with Crippen LogP contribution in [0.15, 0.2) is 52.3 Å². The fourth-order valence-electron chi connectivity index (χ4n) is 2.89. The number of rotatable bonds is 5. The molecular weight excluding hydrogens is 379 g/mol. The first-order chi connectivity index (χ1) is 13.6. The molecule has 0 aliphatic carbocycles. The Kier molecular flexibility index (Phi) is 4.77. The third kappa shape index (κ3) is 3.33. The van der Waals surface area contributed by atoms with Gasteiger partial charge in [0.05, 0.1) is 12.7 Å². The van der Waals surface area contributed by atoms with Crippen molar-refractivity contribution in [1.29, 1.82) is 0 Å². The lowest BCUT2D eigenvalue weighted by molar-refractivity contribution is 0.160. The highest BCUT2D eigenvalue weighted by Crippen LogP contribution is 2.37. The van der Waals surface area contributed by atoms with Gasteiger partial charge in [0.25, 0.3) is 0 Å². The zero-order valence-corrected chi connectivity index (χ0v) is 15.6. The first-order valence-electron chi connectivity index (χ1n) is 8.48. The minimum Gasteiger partial charge on any atom is -0.418 e. The summed E-state index contributed by atoms with van der Waals surface area (Å²) >= 11 is 1.49. The van der Waals surface area contributed by atoms with E-state index in [1.54, 1.807) is 31.2 Å². The maximum absolute atomic E-state index is 13.1. The van der Waals surface area contributed by atoms with Crippen molar-refractivity contribution in [2.75, 3.05) is 5.32 Å². The molecule has 140 valence electrons. The minimum atomic E-state index is -0.823. The lowest BCUT2D eigenvalue weighted by Gasteiger charge is -2.20. The van der Waals surface area contributed by atoms with Crippen LogP contribution in [0.4, 0.5) is 15.8 Å². The van der Waals surface area contributed by atoms with Crippen LogP contribution in [0.5, 0.6) is 0 Å². The van der Waals surface area contributed by atoms with Gasteiger partial charge >= 0.3 is 0 Å². The van der Waals surface area contributed by atoms with E-state index in [9.17, 15) is 9.50 Å². The van der Waals surface area contributed by atoms with Gasteiger partial charge < -0.3 is 14.8 Å². The number of anilines is 1. The van der Waals surface area contributed by atoms with E-state index >= 15 is 0 Å². The van der Waals surface area contributed by atoms with Crippen molar-refractivity contribution in [3.63, 3.8) is 0 Å². The van der Waals surface area contributed by atoms with Crippen molar-refractivity contribution in [2.24, 2.45) is 0 Å². The monoisotopic (exact) mass is 394 g/mol. The smallest absolute Gasteiger partial charge is 0.247 e. The summed E-state index contributed by atoms with van der Waals surface area (Å²) in [5.74, 6) is 0.105. The molecule has 28 heavy (non-hydrogen) atoms. The average Bonchev–Trinajstić information content (AvgIpc) is 3.36. The van der Waals surface area contributed by atoms with E-state index in [2.05, 4.69) is 20.4 Å². The van der Waals surface area contributed by atoms with E-state index in [4.69, 9.17) is 11.0 Å². The number of aliphatic hydroxyl groups excluding tert-OH is 1. The Morgan fingerprint density at radius 3 is 2.68 bits per heavy atom. The molecular formula is C20H15FN4O2S. The summed E-state index contributed by atoms with van der Waals surface area (Å²) in [5, 5.41) is 24.4. The van der Waals surface area contributed by atoms with Crippen LogP contribution in [-0.2, 0) is 0 Å². The highest BCUT2D eigenvalue weighted by atomic mass is 32.1. The van der Waals surface area contributed by atoms with Gasteiger partial charge in [0, 0.05) is 21.3 Å². The number of fused-ring (bicyclic) bond motifs is 1. The molecule has 6 nitrogen and oxygen atoms in total. The average molecular weight is 394 g/mol. The van der Waals surface area contributed by atoms with E-state index in [1.807, 2.05) is 11.4 Å². The number of nitrogens with one attached hydrogen (secondary N) is 1. The standard InChI is InChI=1S/C20H15FN4O2S/c1-11(26)17(20-25-24-19(27-20)12-3-5-13(21)6-4-12)23-15-7-8-16(22-2)18-14(15)9-10-28-18/h3-11,17,23,26H,1H3/t11-,17-/m1/s1. The number of nitrogens with zero attached hydrogens (tertiary/aromatic N) is 3. The summed E-state index contributed by atoms with van der Waals surface area (Å²) in [6.45, 7) is 8.91. The fraction of sp³-hybridized carbons (Fsp3) is 0.150. The SMILES string of the molecule is [C-]#[N+]c1ccc(N[C@@H](c2nnc(-c3ccc(F)cc3)o2)[C@@H](C)O)c2ccsc12. The number of aliphatic hydroxyl groups is 1. The van der Waals surface area contributed by atoms with Gasteiger partial charge in [-0.05, 0) is 48.7 Å². The largest absolute Gasteiger partial charge is 0.418 e. The summed E-state index contributed by atoms with van der Waals surface area (Å²) in [5.41, 5.74) is 1.93. The van der Waals surface area contributed by atoms with Crippen LogP contribution in [0.1, 0.15) is 18.9 Å². The lowest BCUT2D eigenvalue weighted by atomic mass is 10.1. The van der Waals surface area contributed by atoms with Crippen molar-refractivity contribution in [2.45, 2.75) is 19.1 Å². The predicted octanol–water partition coefficient (Wildman–Crippen LogP) is 5.18. The highest BCUT2D eigenvalue weighted by molar-refractivity contribution is 7.18. The Morgan fingerprint density at radius 1 is 1.18 bits per heavy atom. The lowest BCUT2D eigenvalue weighted by Crippen LogP contribution is -2.23. The Balaban J connectivity index is 1.67. The Morgan fingerprint density at radius 2 is 1.96 bits per heavy atom. The van der Waals surface area contributed by atoms with Crippen molar-refractivity contribution >= 4 is 32.8 Å². The summed E-state index contributed by atoms with van der Waals surface area (Å²) in [6, 6.07) is 10.5. The van der Waals surface area contributed by atoms with Gasteiger partial charge in [-0.1, -0.05) is 6.07 Å². The third-order valence-corrected chi connectivity index (χ3v) is 5.24. The topological polar surface area (TPSA) is 75.5 Å². The molecule has 4 rings (SSSR count). The van der Waals surface area contributed by atoms with Crippen molar-refractivity contribution in [1.82, 2.24) is 10.2 Å². The van der Waals surface area contributed by atoms with Gasteiger partial charge in [-0.25, -0.2) is 9.24 Å². The van der Waals surface area contributed by atoms with Crippen LogP contribution < -0.4 is 5.32 Å². The van der Waals surface area contributed by atoms with E-state index in [-0.39, 0.29) is 17.6 Å². The van der Waals surface area contributed by atoms with Crippen LogP contribution >= 0.6 is 11.3 Å². The third-order valence-electron chi connectivity index (χ3n) is 4.31. The Bertz CT molecular complexity index is 1160. The van der Waals surface area contributed by atoms with Crippen molar-refractivity contribution in [3.05, 3.63) is 71.0 Å². The molecule has 0 saturated heterocycles. The molecule has 0 aliphatic heterocycles. The molecule has 0 aliphatic rings. The normalized spacial score (nSPS) is 13.2. The van der Waals surface area contributed by atoms with Gasteiger partial charge in [0.15, 0.2) is 0 Å². The molecule has 0 fully saturated rings. The molecule has 2 aromatic carbocycles. The second-order valence-electron chi connectivity index (χ2n) is 6.22. The van der Waals surface area contributed by atoms with E-state index < -0.39 is 12.1 Å². The minimum absolute atomic E-state index is 0.215. The molecule has 8 heteroatoms. The van der Waals surface area contributed by atoms with Crippen LogP contribution in [0.25, 0.3) is 26.4 Å². The zero-order valence-electron chi connectivity index (χ0n) is 14.8. The zero-order chi connectivity index (χ0) is 19.7. The number of halogens is 1.